The van der Waals surface area contributed by atoms with Crippen molar-refractivity contribution in [1.82, 2.24) is 4.90 Å². The number of likely N-dealkylation sites (tertiary alicyclic amines) is 1. The van der Waals surface area contributed by atoms with Crippen LogP contribution in [0.5, 0.6) is 5.75 Å². The third-order valence-corrected chi connectivity index (χ3v) is 3.91. The number of benzene rings is 1. The summed E-state index contributed by atoms with van der Waals surface area (Å²) in [4.78, 5) is 2.35. The fourth-order valence-corrected chi connectivity index (χ4v) is 2.79. The molecule has 2 atom stereocenters. The average molecular weight is 234 g/mol. The average Bonchev–Trinajstić information content (AvgIpc) is 2.52. The van der Waals surface area contributed by atoms with Crippen LogP contribution in [0, 0.1) is 5.92 Å². The van der Waals surface area contributed by atoms with Gasteiger partial charge in [-0.3, -0.25) is 0 Å². The molecule has 0 aliphatic carbocycles. The van der Waals surface area contributed by atoms with Gasteiger partial charge < -0.3 is 15.7 Å². The summed E-state index contributed by atoms with van der Waals surface area (Å²) in [6, 6.07) is 7.68. The molecule has 1 saturated heterocycles. The molecule has 94 valence electrons. The summed E-state index contributed by atoms with van der Waals surface area (Å²) in [7, 11) is 2.15. The summed E-state index contributed by atoms with van der Waals surface area (Å²) in [6.07, 6.45) is 2.20. The number of hydrogen-bond acceptors (Lipinski definition) is 3. The molecule has 3 nitrogen and oxygen atoms in total. The molecule has 2 rings (SSSR count). The van der Waals surface area contributed by atoms with E-state index in [0.717, 1.165) is 31.5 Å². The molecule has 1 fully saturated rings. The number of nitrogens with two attached hydrogens (primary N) is 1. The molecule has 1 aromatic carbocycles. The highest BCUT2D eigenvalue weighted by Crippen LogP contribution is 2.36. The van der Waals surface area contributed by atoms with E-state index in [2.05, 4.69) is 11.9 Å². The van der Waals surface area contributed by atoms with E-state index in [4.69, 9.17) is 5.73 Å². The van der Waals surface area contributed by atoms with Crippen LogP contribution in [0.25, 0.3) is 0 Å². The van der Waals surface area contributed by atoms with Gasteiger partial charge in [-0.25, -0.2) is 0 Å². The summed E-state index contributed by atoms with van der Waals surface area (Å²) in [5.74, 6) is 1.29. The molecule has 17 heavy (non-hydrogen) atoms. The van der Waals surface area contributed by atoms with Crippen LogP contribution < -0.4 is 5.73 Å². The molecule has 1 aromatic rings. The Balaban J connectivity index is 2.24. The zero-order valence-electron chi connectivity index (χ0n) is 10.5. The molecule has 3 heteroatoms. The number of phenolic OH excluding ortho intramolecular Hbond substituents is 1. The Labute approximate surface area is 103 Å². The molecule has 1 aliphatic heterocycles. The summed E-state index contributed by atoms with van der Waals surface area (Å²) < 4.78 is 0. The van der Waals surface area contributed by atoms with E-state index in [9.17, 15) is 5.11 Å². The summed E-state index contributed by atoms with van der Waals surface area (Å²) in [6.45, 7) is 2.88. The van der Waals surface area contributed by atoms with E-state index in [1.807, 2.05) is 18.2 Å². The van der Waals surface area contributed by atoms with Crippen LogP contribution in [0.3, 0.4) is 0 Å². The van der Waals surface area contributed by atoms with Crippen LogP contribution in [-0.4, -0.2) is 36.7 Å². The van der Waals surface area contributed by atoms with Crippen LogP contribution >= 0.6 is 0 Å². The summed E-state index contributed by atoms with van der Waals surface area (Å²) in [5, 5.41) is 9.98. The van der Waals surface area contributed by atoms with E-state index in [1.54, 1.807) is 6.07 Å². The van der Waals surface area contributed by atoms with Crippen molar-refractivity contribution in [2.75, 3.05) is 26.7 Å². The van der Waals surface area contributed by atoms with Crippen LogP contribution in [0.15, 0.2) is 24.3 Å². The number of phenols is 1. The smallest absolute Gasteiger partial charge is 0.119 e. The van der Waals surface area contributed by atoms with Crippen LogP contribution in [0.1, 0.15) is 24.3 Å². The van der Waals surface area contributed by atoms with E-state index >= 15 is 0 Å². The molecule has 0 aromatic heterocycles. The van der Waals surface area contributed by atoms with Gasteiger partial charge in [0.05, 0.1) is 0 Å². The van der Waals surface area contributed by atoms with E-state index in [-0.39, 0.29) is 0 Å². The molecule has 0 spiro atoms. The Bertz CT molecular complexity index is 367. The molecule has 0 saturated carbocycles. The summed E-state index contributed by atoms with van der Waals surface area (Å²) >= 11 is 0. The fraction of sp³-hybridized carbons (Fsp3) is 0.571. The zero-order valence-corrected chi connectivity index (χ0v) is 10.5. The Morgan fingerprint density at radius 2 is 2.00 bits per heavy atom. The highest BCUT2D eigenvalue weighted by Gasteiger charge is 2.27. The van der Waals surface area contributed by atoms with Crippen molar-refractivity contribution < 1.29 is 5.11 Å². The molecule has 2 unspecified atom stereocenters. The van der Waals surface area contributed by atoms with E-state index in [1.165, 1.54) is 0 Å². The van der Waals surface area contributed by atoms with Crippen molar-refractivity contribution in [3.05, 3.63) is 29.8 Å². The first-order chi connectivity index (χ1) is 8.22. The Morgan fingerprint density at radius 1 is 1.29 bits per heavy atom. The minimum absolute atomic E-state index is 0.395. The van der Waals surface area contributed by atoms with Crippen molar-refractivity contribution in [2.24, 2.45) is 11.7 Å². The lowest BCUT2D eigenvalue weighted by atomic mass is 9.82. The van der Waals surface area contributed by atoms with E-state index in [0.29, 0.717) is 24.1 Å². The van der Waals surface area contributed by atoms with Crippen molar-refractivity contribution in [3.63, 3.8) is 0 Å². The van der Waals surface area contributed by atoms with Gasteiger partial charge in [0.1, 0.15) is 5.75 Å². The second-order valence-electron chi connectivity index (χ2n) is 5.04. The third kappa shape index (κ3) is 2.79. The normalized spacial score (nSPS) is 26.7. The number of para-hydroxylation sites is 1. The maximum atomic E-state index is 9.98. The van der Waals surface area contributed by atoms with Crippen molar-refractivity contribution in [2.45, 2.75) is 18.8 Å². The van der Waals surface area contributed by atoms with Crippen LogP contribution in [0.4, 0.5) is 0 Å². The highest BCUT2D eigenvalue weighted by molar-refractivity contribution is 5.35. The molecule has 1 heterocycles. The van der Waals surface area contributed by atoms with E-state index < -0.39 is 0 Å². The van der Waals surface area contributed by atoms with Gasteiger partial charge in [-0.15, -0.1) is 0 Å². The number of nitrogens with zero attached hydrogens (tertiary/aromatic N) is 1. The Kier molecular flexibility index (Phi) is 4.02. The molecule has 0 amide bonds. The standard InChI is InChI=1S/C14H22N2O/c1-16-8-6-11(10-15)12(7-9-16)13-4-2-3-5-14(13)17/h2-5,11-12,17H,6-10,15H2,1H3. The maximum Gasteiger partial charge on any atom is 0.119 e. The van der Waals surface area contributed by atoms with Gasteiger partial charge in [0.25, 0.3) is 0 Å². The first kappa shape index (κ1) is 12.4. The molecule has 0 radical (unpaired) electrons. The first-order valence-electron chi connectivity index (χ1n) is 6.39. The van der Waals surface area contributed by atoms with Gasteiger partial charge in [-0.1, -0.05) is 18.2 Å². The van der Waals surface area contributed by atoms with Gasteiger partial charge >= 0.3 is 0 Å². The second kappa shape index (κ2) is 5.52. The van der Waals surface area contributed by atoms with Gasteiger partial charge in [0, 0.05) is 0 Å². The van der Waals surface area contributed by atoms with Gasteiger partial charge in [-0.05, 0) is 63.0 Å². The quantitative estimate of drug-likeness (QED) is 0.820. The number of aromatic hydroxyl groups is 1. The molecule has 3 N–H and O–H groups in total. The predicted octanol–water partition coefficient (Wildman–Crippen LogP) is 1.78. The van der Waals surface area contributed by atoms with Crippen molar-refractivity contribution >= 4 is 0 Å². The molecule has 0 bridgehead atoms. The van der Waals surface area contributed by atoms with Crippen molar-refractivity contribution in [3.8, 4) is 5.75 Å². The second-order valence-corrected chi connectivity index (χ2v) is 5.04. The highest BCUT2D eigenvalue weighted by atomic mass is 16.3. The number of hydrogen-bond donors (Lipinski definition) is 2. The maximum absolute atomic E-state index is 9.98. The third-order valence-electron chi connectivity index (χ3n) is 3.91. The van der Waals surface area contributed by atoms with Crippen molar-refractivity contribution in [1.29, 1.82) is 0 Å². The lowest BCUT2D eigenvalue weighted by molar-refractivity contribution is 0.342. The van der Waals surface area contributed by atoms with Gasteiger partial charge in [0.15, 0.2) is 0 Å². The van der Waals surface area contributed by atoms with Gasteiger partial charge in [0.2, 0.25) is 0 Å². The lowest BCUT2D eigenvalue weighted by Crippen LogP contribution is -2.22. The Morgan fingerprint density at radius 3 is 2.71 bits per heavy atom. The number of rotatable bonds is 2. The monoisotopic (exact) mass is 234 g/mol. The fourth-order valence-electron chi connectivity index (χ4n) is 2.79. The molecular weight excluding hydrogens is 212 g/mol. The SMILES string of the molecule is CN1CCC(CN)C(c2ccccc2O)CC1. The molecule has 1 aliphatic rings. The Hall–Kier alpha value is -1.06. The van der Waals surface area contributed by atoms with Crippen LogP contribution in [0.2, 0.25) is 0 Å². The van der Waals surface area contributed by atoms with Crippen LogP contribution in [-0.2, 0) is 0 Å². The van der Waals surface area contributed by atoms with Gasteiger partial charge in [-0.2, -0.15) is 0 Å². The lowest BCUT2D eigenvalue weighted by Gasteiger charge is -2.24. The topological polar surface area (TPSA) is 49.5 Å². The minimum atomic E-state index is 0.395. The summed E-state index contributed by atoms with van der Waals surface area (Å²) in [5.41, 5.74) is 6.96. The molecular formula is C14H22N2O. The largest absolute Gasteiger partial charge is 0.508 e. The minimum Gasteiger partial charge on any atom is -0.508 e. The predicted molar refractivity (Wildman–Crippen MR) is 70.1 cm³/mol. The first-order valence-corrected chi connectivity index (χ1v) is 6.39. The zero-order chi connectivity index (χ0) is 12.3.